The second-order valence-electron chi connectivity index (χ2n) is 6.57. The molecule has 2 aromatic heterocycles. The first-order valence-electron chi connectivity index (χ1n) is 9.01. The molecule has 3 heterocycles. The van der Waals surface area contributed by atoms with Crippen LogP contribution in [0.1, 0.15) is 55.1 Å². The third kappa shape index (κ3) is 3.52. The predicted molar refractivity (Wildman–Crippen MR) is 92.8 cm³/mol. The fraction of sp³-hybridized carbons (Fsp3) is 0.611. The molecular formula is C18H27N5O. The van der Waals surface area contributed by atoms with E-state index in [1.807, 2.05) is 28.6 Å². The van der Waals surface area contributed by atoms with Crippen molar-refractivity contribution in [3.63, 3.8) is 0 Å². The second kappa shape index (κ2) is 7.64. The van der Waals surface area contributed by atoms with Crippen molar-refractivity contribution in [3.05, 3.63) is 35.9 Å². The number of aromatic nitrogens is 4. The number of piperidine rings is 1. The van der Waals surface area contributed by atoms with Crippen LogP contribution in [0, 0.1) is 6.92 Å². The van der Waals surface area contributed by atoms with E-state index in [1.54, 1.807) is 12.4 Å². The normalized spacial score (nSPS) is 18.1. The van der Waals surface area contributed by atoms with Crippen molar-refractivity contribution in [3.8, 4) is 0 Å². The summed E-state index contributed by atoms with van der Waals surface area (Å²) in [6, 6.07) is 2.24. The maximum atomic E-state index is 13.1. The number of carbonyl (C=O) groups is 1. The van der Waals surface area contributed by atoms with Crippen LogP contribution in [0.2, 0.25) is 0 Å². The molecule has 0 aromatic carbocycles. The maximum Gasteiger partial charge on any atom is 0.257 e. The van der Waals surface area contributed by atoms with Gasteiger partial charge in [-0.05, 0) is 45.1 Å². The van der Waals surface area contributed by atoms with Crippen molar-refractivity contribution in [1.29, 1.82) is 0 Å². The van der Waals surface area contributed by atoms with Gasteiger partial charge in [0.05, 0.1) is 11.8 Å². The monoisotopic (exact) mass is 329 g/mol. The van der Waals surface area contributed by atoms with Gasteiger partial charge in [0.2, 0.25) is 0 Å². The summed E-state index contributed by atoms with van der Waals surface area (Å²) in [7, 11) is 0. The standard InChI is InChI=1S/C18H27N5O/c1-3-10-23-15(2)17(14-20-23)18(24)22-12-5-4-7-16(22)8-13-21-11-6-9-19-21/h6,9,11,14,16H,3-5,7-8,10,12-13H2,1-2H3. The van der Waals surface area contributed by atoms with Gasteiger partial charge in [-0.15, -0.1) is 0 Å². The largest absolute Gasteiger partial charge is 0.335 e. The lowest BCUT2D eigenvalue weighted by Crippen LogP contribution is -2.44. The Bertz CT molecular complexity index is 661. The Morgan fingerprint density at radius 3 is 2.92 bits per heavy atom. The zero-order valence-corrected chi connectivity index (χ0v) is 14.7. The fourth-order valence-electron chi connectivity index (χ4n) is 3.53. The molecule has 0 aliphatic carbocycles. The summed E-state index contributed by atoms with van der Waals surface area (Å²) < 4.78 is 3.89. The van der Waals surface area contributed by atoms with Crippen molar-refractivity contribution >= 4 is 5.91 Å². The van der Waals surface area contributed by atoms with Crippen molar-refractivity contribution in [2.24, 2.45) is 0 Å². The molecular weight excluding hydrogens is 302 g/mol. The van der Waals surface area contributed by atoms with Gasteiger partial charge < -0.3 is 4.90 Å². The minimum Gasteiger partial charge on any atom is -0.335 e. The summed E-state index contributed by atoms with van der Waals surface area (Å²) in [6.07, 6.45) is 10.9. The van der Waals surface area contributed by atoms with Crippen molar-refractivity contribution in [2.75, 3.05) is 6.54 Å². The Balaban J connectivity index is 1.71. The van der Waals surface area contributed by atoms with Crippen LogP contribution < -0.4 is 0 Å². The fourth-order valence-corrected chi connectivity index (χ4v) is 3.53. The average molecular weight is 329 g/mol. The number of likely N-dealkylation sites (tertiary alicyclic amines) is 1. The van der Waals surface area contributed by atoms with Gasteiger partial charge >= 0.3 is 0 Å². The lowest BCUT2D eigenvalue weighted by atomic mass is 9.98. The molecule has 1 fully saturated rings. The van der Waals surface area contributed by atoms with E-state index >= 15 is 0 Å². The van der Waals surface area contributed by atoms with E-state index in [-0.39, 0.29) is 5.91 Å². The Morgan fingerprint density at radius 1 is 1.29 bits per heavy atom. The first-order valence-corrected chi connectivity index (χ1v) is 9.01. The van der Waals surface area contributed by atoms with Crippen LogP contribution >= 0.6 is 0 Å². The third-order valence-corrected chi connectivity index (χ3v) is 4.91. The topological polar surface area (TPSA) is 56.0 Å². The number of aryl methyl sites for hydroxylation is 2. The highest BCUT2D eigenvalue weighted by molar-refractivity contribution is 5.95. The number of nitrogens with zero attached hydrogens (tertiary/aromatic N) is 5. The van der Waals surface area contributed by atoms with Gasteiger partial charge in [0.1, 0.15) is 0 Å². The van der Waals surface area contributed by atoms with E-state index in [0.29, 0.717) is 6.04 Å². The summed E-state index contributed by atoms with van der Waals surface area (Å²) in [6.45, 7) is 6.69. The number of rotatable bonds is 6. The summed E-state index contributed by atoms with van der Waals surface area (Å²) in [5.41, 5.74) is 1.74. The van der Waals surface area contributed by atoms with Gasteiger partial charge in [-0.1, -0.05) is 6.92 Å². The van der Waals surface area contributed by atoms with Crippen LogP contribution in [-0.2, 0) is 13.1 Å². The smallest absolute Gasteiger partial charge is 0.257 e. The van der Waals surface area contributed by atoms with Gasteiger partial charge in [-0.25, -0.2) is 0 Å². The van der Waals surface area contributed by atoms with Crippen molar-refractivity contribution < 1.29 is 4.79 Å². The molecule has 1 amide bonds. The number of amides is 1. The molecule has 1 unspecified atom stereocenters. The van der Waals surface area contributed by atoms with E-state index in [4.69, 9.17) is 0 Å². The predicted octanol–water partition coefficient (Wildman–Crippen LogP) is 2.88. The molecule has 0 radical (unpaired) electrons. The summed E-state index contributed by atoms with van der Waals surface area (Å²) in [5.74, 6) is 0.139. The van der Waals surface area contributed by atoms with Crippen LogP contribution in [-0.4, -0.2) is 43.0 Å². The highest BCUT2D eigenvalue weighted by atomic mass is 16.2. The first kappa shape index (κ1) is 16.7. The zero-order chi connectivity index (χ0) is 16.9. The lowest BCUT2D eigenvalue weighted by molar-refractivity contribution is 0.0593. The first-order chi connectivity index (χ1) is 11.7. The van der Waals surface area contributed by atoms with Gasteiger partial charge in [0.15, 0.2) is 0 Å². The van der Waals surface area contributed by atoms with Crippen LogP contribution in [0.15, 0.2) is 24.7 Å². The highest BCUT2D eigenvalue weighted by Gasteiger charge is 2.29. The Morgan fingerprint density at radius 2 is 2.17 bits per heavy atom. The molecule has 130 valence electrons. The van der Waals surface area contributed by atoms with E-state index < -0.39 is 0 Å². The summed E-state index contributed by atoms with van der Waals surface area (Å²) in [4.78, 5) is 15.1. The molecule has 1 atom stereocenters. The van der Waals surface area contributed by atoms with E-state index in [2.05, 4.69) is 22.0 Å². The molecule has 0 spiro atoms. The molecule has 2 aromatic rings. The highest BCUT2D eigenvalue weighted by Crippen LogP contribution is 2.23. The second-order valence-corrected chi connectivity index (χ2v) is 6.57. The number of hydrogen-bond donors (Lipinski definition) is 0. The van der Waals surface area contributed by atoms with Crippen LogP contribution in [0.3, 0.4) is 0 Å². The van der Waals surface area contributed by atoms with E-state index in [0.717, 1.165) is 56.6 Å². The zero-order valence-electron chi connectivity index (χ0n) is 14.7. The molecule has 1 aliphatic rings. The van der Waals surface area contributed by atoms with Gasteiger partial charge in [0, 0.05) is 43.8 Å². The SMILES string of the molecule is CCCn1ncc(C(=O)N2CCCCC2CCn2cccn2)c1C. The van der Waals surface area contributed by atoms with E-state index in [9.17, 15) is 4.79 Å². The van der Waals surface area contributed by atoms with Crippen LogP contribution in [0.4, 0.5) is 0 Å². The molecule has 1 saturated heterocycles. The number of carbonyl (C=O) groups excluding carboxylic acids is 1. The molecule has 3 rings (SSSR count). The minimum atomic E-state index is 0.139. The average Bonchev–Trinajstić information content (AvgIpc) is 3.24. The third-order valence-electron chi connectivity index (χ3n) is 4.91. The molecule has 24 heavy (non-hydrogen) atoms. The van der Waals surface area contributed by atoms with Gasteiger partial charge in [0.25, 0.3) is 5.91 Å². The Hall–Kier alpha value is -2.11. The van der Waals surface area contributed by atoms with Crippen molar-refractivity contribution in [2.45, 2.75) is 65.1 Å². The Labute approximate surface area is 143 Å². The van der Waals surface area contributed by atoms with Crippen LogP contribution in [0.5, 0.6) is 0 Å². The van der Waals surface area contributed by atoms with Gasteiger partial charge in [-0.2, -0.15) is 10.2 Å². The van der Waals surface area contributed by atoms with Crippen molar-refractivity contribution in [1.82, 2.24) is 24.5 Å². The summed E-state index contributed by atoms with van der Waals surface area (Å²) in [5, 5.41) is 8.65. The molecule has 6 nitrogen and oxygen atoms in total. The molecule has 1 aliphatic heterocycles. The molecule has 0 bridgehead atoms. The maximum absolute atomic E-state index is 13.1. The molecule has 0 saturated carbocycles. The van der Waals surface area contributed by atoms with E-state index in [1.165, 1.54) is 6.42 Å². The quantitative estimate of drug-likeness (QED) is 0.819. The number of hydrogen-bond acceptors (Lipinski definition) is 3. The van der Waals surface area contributed by atoms with Crippen LogP contribution in [0.25, 0.3) is 0 Å². The lowest BCUT2D eigenvalue weighted by Gasteiger charge is -2.36. The van der Waals surface area contributed by atoms with Gasteiger partial charge in [-0.3, -0.25) is 14.2 Å². The Kier molecular flexibility index (Phi) is 5.33. The molecule has 0 N–H and O–H groups in total. The summed E-state index contributed by atoms with van der Waals surface area (Å²) >= 11 is 0. The molecule has 6 heteroatoms. The minimum absolute atomic E-state index is 0.139.